The molecular formula is C12H17ClN2O2S. The molecule has 0 saturated carbocycles. The molecule has 4 nitrogen and oxygen atoms in total. The van der Waals surface area contributed by atoms with Gasteiger partial charge in [0.1, 0.15) is 0 Å². The average molecular weight is 289 g/mol. The molecule has 1 aromatic carbocycles. The van der Waals surface area contributed by atoms with Gasteiger partial charge in [-0.3, -0.25) is 0 Å². The lowest BCUT2D eigenvalue weighted by Crippen LogP contribution is -2.27. The number of nitrogen functional groups attached to an aromatic ring is 1. The van der Waals surface area contributed by atoms with Crippen LogP contribution in [0.15, 0.2) is 35.7 Å². The van der Waals surface area contributed by atoms with Gasteiger partial charge < -0.3 is 5.73 Å². The molecule has 0 heterocycles. The number of sulfonamides is 1. The minimum Gasteiger partial charge on any atom is -0.398 e. The number of rotatable bonds is 6. The number of anilines is 1. The Labute approximate surface area is 113 Å². The highest BCUT2D eigenvalue weighted by Crippen LogP contribution is 2.24. The molecule has 0 aliphatic carbocycles. The Morgan fingerprint density at radius 1 is 1.50 bits per heavy atom. The molecular weight excluding hydrogens is 272 g/mol. The zero-order chi connectivity index (χ0) is 13.8. The van der Waals surface area contributed by atoms with Crippen molar-refractivity contribution in [2.75, 3.05) is 19.3 Å². The Bertz CT molecular complexity index is 529. The lowest BCUT2D eigenvalue weighted by Gasteiger charge is -2.17. The zero-order valence-electron chi connectivity index (χ0n) is 10.3. The van der Waals surface area contributed by atoms with Crippen molar-refractivity contribution in [3.63, 3.8) is 0 Å². The molecule has 0 atom stereocenters. The SMILES string of the molecule is C=CCCCN(C)S(=O)(=O)c1ccc(N)c(Cl)c1. The standard InChI is InChI=1S/C12H17ClN2O2S/c1-3-4-5-8-15(2)18(16,17)10-6-7-12(14)11(13)9-10/h3,6-7,9H,1,4-5,8,14H2,2H3. The first-order valence-electron chi connectivity index (χ1n) is 5.52. The van der Waals surface area contributed by atoms with Gasteiger partial charge in [0.25, 0.3) is 0 Å². The molecule has 0 aliphatic heterocycles. The van der Waals surface area contributed by atoms with E-state index in [1.54, 1.807) is 13.1 Å². The van der Waals surface area contributed by atoms with Crippen LogP contribution in [0.3, 0.4) is 0 Å². The quantitative estimate of drug-likeness (QED) is 0.497. The van der Waals surface area contributed by atoms with Gasteiger partial charge in [0, 0.05) is 13.6 Å². The summed E-state index contributed by atoms with van der Waals surface area (Å²) in [7, 11) is -1.96. The summed E-state index contributed by atoms with van der Waals surface area (Å²) in [6, 6.07) is 4.32. The zero-order valence-corrected chi connectivity index (χ0v) is 11.8. The second-order valence-corrected chi connectivity index (χ2v) is 6.39. The number of nitrogens with two attached hydrogens (primary N) is 1. The van der Waals surface area contributed by atoms with Crippen LogP contribution in [0.1, 0.15) is 12.8 Å². The van der Waals surface area contributed by atoms with Crippen molar-refractivity contribution in [3.05, 3.63) is 35.9 Å². The first-order valence-corrected chi connectivity index (χ1v) is 7.33. The molecule has 6 heteroatoms. The Balaban J connectivity index is 2.91. The molecule has 0 unspecified atom stereocenters. The fourth-order valence-electron chi connectivity index (χ4n) is 1.43. The van der Waals surface area contributed by atoms with Gasteiger partial charge >= 0.3 is 0 Å². The van der Waals surface area contributed by atoms with Gasteiger partial charge in [-0.15, -0.1) is 6.58 Å². The monoisotopic (exact) mass is 288 g/mol. The van der Waals surface area contributed by atoms with E-state index >= 15 is 0 Å². The van der Waals surface area contributed by atoms with Crippen LogP contribution >= 0.6 is 11.6 Å². The van der Waals surface area contributed by atoms with Crippen LogP contribution in [0.5, 0.6) is 0 Å². The van der Waals surface area contributed by atoms with Gasteiger partial charge in [0.05, 0.1) is 15.6 Å². The maximum absolute atomic E-state index is 12.2. The van der Waals surface area contributed by atoms with Crippen molar-refractivity contribution in [1.29, 1.82) is 0 Å². The Kier molecular flexibility index (Phi) is 5.19. The maximum atomic E-state index is 12.2. The van der Waals surface area contributed by atoms with E-state index in [0.717, 1.165) is 12.8 Å². The molecule has 18 heavy (non-hydrogen) atoms. The Morgan fingerprint density at radius 3 is 2.72 bits per heavy atom. The van der Waals surface area contributed by atoms with Gasteiger partial charge in [0.15, 0.2) is 0 Å². The second-order valence-electron chi connectivity index (χ2n) is 3.94. The van der Waals surface area contributed by atoms with E-state index < -0.39 is 10.0 Å². The minimum atomic E-state index is -3.50. The molecule has 2 N–H and O–H groups in total. The van der Waals surface area contributed by atoms with E-state index in [-0.39, 0.29) is 9.92 Å². The van der Waals surface area contributed by atoms with Gasteiger partial charge in [-0.2, -0.15) is 0 Å². The number of hydrogen-bond donors (Lipinski definition) is 1. The van der Waals surface area contributed by atoms with E-state index in [4.69, 9.17) is 17.3 Å². The lowest BCUT2D eigenvalue weighted by atomic mass is 10.3. The summed E-state index contributed by atoms with van der Waals surface area (Å²) in [5, 5.41) is 0.246. The van der Waals surface area contributed by atoms with Gasteiger partial charge in [-0.1, -0.05) is 17.7 Å². The average Bonchev–Trinajstić information content (AvgIpc) is 2.32. The summed E-state index contributed by atoms with van der Waals surface area (Å²) in [6.45, 7) is 4.04. The van der Waals surface area contributed by atoms with Gasteiger partial charge in [-0.05, 0) is 31.0 Å². The molecule has 100 valence electrons. The minimum absolute atomic E-state index is 0.155. The summed E-state index contributed by atoms with van der Waals surface area (Å²) >= 11 is 5.83. The number of allylic oxidation sites excluding steroid dienone is 1. The van der Waals surface area contributed by atoms with Crippen molar-refractivity contribution < 1.29 is 8.42 Å². The molecule has 0 saturated heterocycles. The van der Waals surface area contributed by atoms with E-state index in [1.165, 1.54) is 22.5 Å². The van der Waals surface area contributed by atoms with E-state index in [0.29, 0.717) is 12.2 Å². The summed E-state index contributed by atoms with van der Waals surface area (Å²) in [5.74, 6) is 0. The topological polar surface area (TPSA) is 63.4 Å². The van der Waals surface area contributed by atoms with E-state index in [9.17, 15) is 8.42 Å². The second kappa shape index (κ2) is 6.22. The molecule has 0 aromatic heterocycles. The molecule has 0 amide bonds. The predicted molar refractivity (Wildman–Crippen MR) is 75.1 cm³/mol. The van der Waals surface area contributed by atoms with Crippen molar-refractivity contribution in [2.45, 2.75) is 17.7 Å². The molecule has 0 bridgehead atoms. The maximum Gasteiger partial charge on any atom is 0.242 e. The number of benzene rings is 1. The van der Waals surface area contributed by atoms with Crippen LogP contribution < -0.4 is 5.73 Å². The van der Waals surface area contributed by atoms with Crippen LogP contribution in [0.4, 0.5) is 5.69 Å². The first kappa shape index (κ1) is 15.0. The van der Waals surface area contributed by atoms with Crippen LogP contribution in [-0.4, -0.2) is 26.3 Å². The van der Waals surface area contributed by atoms with Crippen LogP contribution in [0, 0.1) is 0 Å². The van der Waals surface area contributed by atoms with Crippen molar-refractivity contribution in [1.82, 2.24) is 4.31 Å². The summed E-state index contributed by atoms with van der Waals surface area (Å²) in [5.41, 5.74) is 5.92. The molecule has 0 spiro atoms. The number of halogens is 1. The normalized spacial score (nSPS) is 11.7. The molecule has 1 rings (SSSR count). The van der Waals surface area contributed by atoms with Crippen LogP contribution in [-0.2, 0) is 10.0 Å². The van der Waals surface area contributed by atoms with Crippen LogP contribution in [0.25, 0.3) is 0 Å². The van der Waals surface area contributed by atoms with E-state index in [1.807, 2.05) is 0 Å². The summed E-state index contributed by atoms with van der Waals surface area (Å²) in [4.78, 5) is 0.155. The largest absolute Gasteiger partial charge is 0.398 e. The summed E-state index contributed by atoms with van der Waals surface area (Å²) < 4.78 is 25.7. The first-order chi connectivity index (χ1) is 8.39. The van der Waals surface area contributed by atoms with Crippen molar-refractivity contribution >= 4 is 27.3 Å². The number of unbranched alkanes of at least 4 members (excludes halogenated alkanes) is 1. The summed E-state index contributed by atoms with van der Waals surface area (Å²) in [6.07, 6.45) is 3.28. The van der Waals surface area contributed by atoms with Crippen LogP contribution in [0.2, 0.25) is 5.02 Å². The van der Waals surface area contributed by atoms with Crippen molar-refractivity contribution in [2.24, 2.45) is 0 Å². The Hall–Kier alpha value is -1.04. The molecule has 0 radical (unpaired) electrons. The number of nitrogens with zero attached hydrogens (tertiary/aromatic N) is 1. The van der Waals surface area contributed by atoms with Gasteiger partial charge in [0.2, 0.25) is 10.0 Å². The molecule has 0 aliphatic rings. The smallest absolute Gasteiger partial charge is 0.242 e. The third-order valence-electron chi connectivity index (χ3n) is 2.56. The highest BCUT2D eigenvalue weighted by Gasteiger charge is 2.20. The fourth-order valence-corrected chi connectivity index (χ4v) is 2.91. The van der Waals surface area contributed by atoms with Gasteiger partial charge in [-0.25, -0.2) is 12.7 Å². The highest BCUT2D eigenvalue weighted by molar-refractivity contribution is 7.89. The Morgan fingerprint density at radius 2 is 2.17 bits per heavy atom. The highest BCUT2D eigenvalue weighted by atomic mass is 35.5. The fraction of sp³-hybridized carbons (Fsp3) is 0.333. The predicted octanol–water partition coefficient (Wildman–Crippen LogP) is 2.51. The molecule has 0 fully saturated rings. The van der Waals surface area contributed by atoms with Crippen molar-refractivity contribution in [3.8, 4) is 0 Å². The molecule has 1 aromatic rings. The number of hydrogen-bond acceptors (Lipinski definition) is 3. The lowest BCUT2D eigenvalue weighted by molar-refractivity contribution is 0.463. The van der Waals surface area contributed by atoms with E-state index in [2.05, 4.69) is 6.58 Å². The third kappa shape index (κ3) is 3.48. The third-order valence-corrected chi connectivity index (χ3v) is 4.74.